The molecule has 0 bridgehead atoms. The fraction of sp³-hybridized carbons (Fsp3) is 0.444. The van der Waals surface area contributed by atoms with E-state index in [9.17, 15) is 9.59 Å². The molecule has 2 saturated heterocycles. The fourth-order valence-corrected chi connectivity index (χ4v) is 4.92. The number of ether oxygens (including phenoxy) is 1. The van der Waals surface area contributed by atoms with Crippen LogP contribution < -0.4 is 4.74 Å². The van der Waals surface area contributed by atoms with E-state index >= 15 is 0 Å². The Bertz CT molecular complexity index is 1190. The molecule has 2 aromatic heterocycles. The van der Waals surface area contributed by atoms with E-state index in [0.29, 0.717) is 31.0 Å². The monoisotopic (exact) mass is 475 g/mol. The van der Waals surface area contributed by atoms with Crippen LogP contribution in [-0.4, -0.2) is 82.2 Å². The quantitative estimate of drug-likeness (QED) is 0.568. The molecule has 0 saturated carbocycles. The second-order valence-corrected chi connectivity index (χ2v) is 9.66. The topological polar surface area (TPSA) is 70.4 Å². The van der Waals surface area contributed by atoms with Crippen LogP contribution >= 0.6 is 0 Å². The smallest absolute Gasteiger partial charge is 0.253 e. The van der Waals surface area contributed by atoms with Gasteiger partial charge >= 0.3 is 0 Å². The van der Waals surface area contributed by atoms with E-state index in [0.717, 1.165) is 55.9 Å². The van der Waals surface area contributed by atoms with E-state index in [2.05, 4.69) is 16.9 Å². The number of hydrogen-bond donors (Lipinski definition) is 0. The largest absolute Gasteiger partial charge is 0.487 e. The molecule has 35 heavy (non-hydrogen) atoms. The lowest BCUT2D eigenvalue weighted by Gasteiger charge is -2.37. The van der Waals surface area contributed by atoms with Gasteiger partial charge in [-0.1, -0.05) is 6.07 Å². The molecule has 0 aliphatic carbocycles. The minimum atomic E-state index is 0.0119. The summed E-state index contributed by atoms with van der Waals surface area (Å²) < 4.78 is 7.90. The van der Waals surface area contributed by atoms with Gasteiger partial charge in [0.1, 0.15) is 18.0 Å². The maximum Gasteiger partial charge on any atom is 0.253 e. The minimum absolute atomic E-state index is 0.0119. The van der Waals surface area contributed by atoms with E-state index < -0.39 is 0 Å². The number of imidazole rings is 1. The van der Waals surface area contributed by atoms with E-state index in [1.54, 1.807) is 0 Å². The Kier molecular flexibility index (Phi) is 6.72. The molecule has 8 heteroatoms. The van der Waals surface area contributed by atoms with Crippen LogP contribution in [0, 0.1) is 12.8 Å². The zero-order valence-electron chi connectivity index (χ0n) is 20.5. The lowest BCUT2D eigenvalue weighted by atomic mass is 9.94. The number of piperidine rings is 1. The second-order valence-electron chi connectivity index (χ2n) is 9.66. The first-order valence-electron chi connectivity index (χ1n) is 12.4. The molecule has 184 valence electrons. The first-order valence-corrected chi connectivity index (χ1v) is 12.4. The molecule has 2 aliphatic rings. The summed E-state index contributed by atoms with van der Waals surface area (Å²) in [5.74, 6) is 0.999. The van der Waals surface area contributed by atoms with Crippen LogP contribution in [0.4, 0.5) is 0 Å². The van der Waals surface area contributed by atoms with Gasteiger partial charge in [-0.15, -0.1) is 0 Å². The molecule has 2 aliphatic heterocycles. The number of piperazine rings is 1. The van der Waals surface area contributed by atoms with Crippen molar-refractivity contribution in [3.63, 3.8) is 0 Å². The standard InChI is InChI=1S/C27H33N5O3/c1-20-4-3-11-32-18-23(28-25(20)32)19-35-24-7-5-21(6-8-24)26(33)30-12-9-22(10-13-30)27(34)31-16-14-29(2)15-17-31/h3-8,11,18,22H,9-10,12-17,19H2,1-2H3. The lowest BCUT2D eigenvalue weighted by Crippen LogP contribution is -2.51. The number of carbonyl (C=O) groups excluding carboxylic acids is 2. The number of rotatable bonds is 5. The lowest BCUT2D eigenvalue weighted by molar-refractivity contribution is -0.138. The number of benzene rings is 1. The van der Waals surface area contributed by atoms with Crippen LogP contribution in [-0.2, 0) is 11.4 Å². The van der Waals surface area contributed by atoms with Crippen molar-refractivity contribution in [1.82, 2.24) is 24.1 Å². The highest BCUT2D eigenvalue weighted by atomic mass is 16.5. The number of fused-ring (bicyclic) bond motifs is 1. The summed E-state index contributed by atoms with van der Waals surface area (Å²) in [4.78, 5) is 36.6. The van der Waals surface area contributed by atoms with Gasteiger partial charge < -0.3 is 23.8 Å². The average molecular weight is 476 g/mol. The third-order valence-corrected chi connectivity index (χ3v) is 7.16. The molecular formula is C27H33N5O3. The summed E-state index contributed by atoms with van der Waals surface area (Å²) in [6, 6.07) is 11.3. The maximum absolute atomic E-state index is 13.0. The fourth-order valence-electron chi connectivity index (χ4n) is 4.92. The average Bonchev–Trinajstić information content (AvgIpc) is 3.32. The summed E-state index contributed by atoms with van der Waals surface area (Å²) in [6.07, 6.45) is 5.41. The van der Waals surface area contributed by atoms with Crippen molar-refractivity contribution in [2.75, 3.05) is 46.3 Å². The third-order valence-electron chi connectivity index (χ3n) is 7.16. The number of nitrogens with zero attached hydrogens (tertiary/aromatic N) is 5. The van der Waals surface area contributed by atoms with Crippen LogP contribution in [0.25, 0.3) is 5.65 Å². The zero-order valence-corrected chi connectivity index (χ0v) is 20.5. The number of carbonyl (C=O) groups is 2. The van der Waals surface area contributed by atoms with Gasteiger partial charge in [0.05, 0.1) is 5.69 Å². The van der Waals surface area contributed by atoms with E-state index in [4.69, 9.17) is 4.74 Å². The normalized spacial score (nSPS) is 17.7. The highest BCUT2D eigenvalue weighted by Crippen LogP contribution is 2.23. The van der Waals surface area contributed by atoms with Crippen molar-refractivity contribution >= 4 is 17.5 Å². The first kappa shape index (κ1) is 23.4. The van der Waals surface area contributed by atoms with E-state index in [1.165, 1.54) is 0 Å². The van der Waals surface area contributed by atoms with Crippen molar-refractivity contribution in [2.24, 2.45) is 5.92 Å². The number of likely N-dealkylation sites (tertiary alicyclic amines) is 1. The molecule has 2 amide bonds. The molecular weight excluding hydrogens is 442 g/mol. The third kappa shape index (κ3) is 5.17. The van der Waals surface area contributed by atoms with Gasteiger partial charge in [-0.05, 0) is 62.7 Å². The van der Waals surface area contributed by atoms with Crippen molar-refractivity contribution in [3.05, 3.63) is 65.6 Å². The predicted molar refractivity (Wildman–Crippen MR) is 133 cm³/mol. The van der Waals surface area contributed by atoms with Gasteiger partial charge in [0.25, 0.3) is 5.91 Å². The number of hydrogen-bond acceptors (Lipinski definition) is 5. The minimum Gasteiger partial charge on any atom is -0.487 e. The molecule has 5 rings (SSSR count). The zero-order chi connectivity index (χ0) is 24.4. The Hall–Kier alpha value is -3.39. The van der Waals surface area contributed by atoms with Gasteiger partial charge in [-0.2, -0.15) is 0 Å². The molecule has 3 aromatic rings. The van der Waals surface area contributed by atoms with Crippen LogP contribution in [0.15, 0.2) is 48.8 Å². The number of pyridine rings is 1. The summed E-state index contributed by atoms with van der Waals surface area (Å²) in [5.41, 5.74) is 3.55. The van der Waals surface area contributed by atoms with Gasteiger partial charge in [0.2, 0.25) is 5.91 Å². The van der Waals surface area contributed by atoms with Crippen molar-refractivity contribution in [1.29, 1.82) is 0 Å². The highest BCUT2D eigenvalue weighted by Gasteiger charge is 2.31. The molecule has 2 fully saturated rings. The maximum atomic E-state index is 13.0. The Morgan fingerprint density at radius 3 is 2.37 bits per heavy atom. The molecule has 0 spiro atoms. The van der Waals surface area contributed by atoms with E-state index in [-0.39, 0.29) is 17.7 Å². The van der Waals surface area contributed by atoms with Crippen LogP contribution in [0.5, 0.6) is 5.75 Å². The van der Waals surface area contributed by atoms with Crippen molar-refractivity contribution in [2.45, 2.75) is 26.4 Å². The second kappa shape index (κ2) is 10.1. The number of aromatic nitrogens is 2. The van der Waals surface area contributed by atoms with Crippen molar-refractivity contribution in [3.8, 4) is 5.75 Å². The van der Waals surface area contributed by atoms with Gasteiger partial charge in [-0.25, -0.2) is 4.98 Å². The molecule has 0 atom stereocenters. The summed E-state index contributed by atoms with van der Waals surface area (Å²) in [7, 11) is 2.09. The van der Waals surface area contributed by atoms with Gasteiger partial charge in [-0.3, -0.25) is 9.59 Å². The summed E-state index contributed by atoms with van der Waals surface area (Å²) >= 11 is 0. The Labute approximate surface area is 206 Å². The van der Waals surface area contributed by atoms with Crippen LogP contribution in [0.1, 0.15) is 34.5 Å². The first-order chi connectivity index (χ1) is 17.0. The molecule has 4 heterocycles. The SMILES string of the molecule is Cc1cccn2cc(COc3ccc(C(=O)N4CCC(C(=O)N5CCN(C)CC5)CC4)cc3)nc12. The molecule has 0 unspecified atom stereocenters. The molecule has 1 aromatic carbocycles. The van der Waals surface area contributed by atoms with Gasteiger partial charge in [0, 0.05) is 63.1 Å². The predicted octanol–water partition coefficient (Wildman–Crippen LogP) is 2.85. The number of likely N-dealkylation sites (N-methyl/N-ethyl adjacent to an activating group) is 1. The van der Waals surface area contributed by atoms with Crippen LogP contribution in [0.3, 0.4) is 0 Å². The van der Waals surface area contributed by atoms with Crippen LogP contribution in [0.2, 0.25) is 0 Å². The summed E-state index contributed by atoms with van der Waals surface area (Å²) in [5, 5.41) is 0. The molecule has 8 nitrogen and oxygen atoms in total. The highest BCUT2D eigenvalue weighted by molar-refractivity contribution is 5.94. The molecule has 0 N–H and O–H groups in total. The Morgan fingerprint density at radius 1 is 0.971 bits per heavy atom. The summed E-state index contributed by atoms with van der Waals surface area (Å²) in [6.45, 7) is 7.12. The van der Waals surface area contributed by atoms with Gasteiger partial charge in [0.15, 0.2) is 0 Å². The Morgan fingerprint density at radius 2 is 1.69 bits per heavy atom. The number of amides is 2. The Balaban J connectivity index is 1.12. The molecule has 0 radical (unpaired) electrons. The van der Waals surface area contributed by atoms with Crippen molar-refractivity contribution < 1.29 is 14.3 Å². The number of aryl methyl sites for hydroxylation is 1. The van der Waals surface area contributed by atoms with E-state index in [1.807, 2.05) is 69.9 Å².